The van der Waals surface area contributed by atoms with Gasteiger partial charge in [-0.25, -0.2) is 4.98 Å². The number of furan rings is 1. The second-order valence-electron chi connectivity index (χ2n) is 3.42. The highest BCUT2D eigenvalue weighted by molar-refractivity contribution is 5.52. The summed E-state index contributed by atoms with van der Waals surface area (Å²) in [6.07, 6.45) is 3.31. The van der Waals surface area contributed by atoms with Crippen molar-refractivity contribution in [1.29, 1.82) is 5.26 Å². The molecule has 0 fully saturated rings. The number of anilines is 1. The van der Waals surface area contributed by atoms with Crippen molar-refractivity contribution in [3.63, 3.8) is 0 Å². The van der Waals surface area contributed by atoms with E-state index in [1.807, 2.05) is 24.1 Å². The summed E-state index contributed by atoms with van der Waals surface area (Å²) >= 11 is 0. The summed E-state index contributed by atoms with van der Waals surface area (Å²) in [7, 11) is 1.88. The van der Waals surface area contributed by atoms with Gasteiger partial charge >= 0.3 is 0 Å². The van der Waals surface area contributed by atoms with Crippen LogP contribution in [0.1, 0.15) is 11.3 Å². The largest absolute Gasteiger partial charge is 0.467 e. The molecule has 0 aromatic carbocycles. The summed E-state index contributed by atoms with van der Waals surface area (Å²) in [5.74, 6) is 1.51. The molecule has 0 spiro atoms. The second kappa shape index (κ2) is 4.49. The standard InChI is InChI=1S/C12H11N3O/c1-15(9-11-5-3-7-16-11)12-10(8-13)4-2-6-14-12/h2-7H,9H2,1H3. The number of pyridine rings is 1. The van der Waals surface area contributed by atoms with E-state index in [1.165, 1.54) is 0 Å². The number of nitrogens with zero attached hydrogens (tertiary/aromatic N) is 3. The van der Waals surface area contributed by atoms with Crippen LogP contribution in [-0.4, -0.2) is 12.0 Å². The van der Waals surface area contributed by atoms with Crippen LogP contribution >= 0.6 is 0 Å². The zero-order chi connectivity index (χ0) is 11.4. The predicted molar refractivity (Wildman–Crippen MR) is 59.8 cm³/mol. The van der Waals surface area contributed by atoms with Crippen molar-refractivity contribution in [1.82, 2.24) is 4.98 Å². The van der Waals surface area contributed by atoms with E-state index in [0.717, 1.165) is 5.76 Å². The molecular formula is C12H11N3O. The van der Waals surface area contributed by atoms with E-state index >= 15 is 0 Å². The van der Waals surface area contributed by atoms with Crippen molar-refractivity contribution in [3.05, 3.63) is 48.0 Å². The van der Waals surface area contributed by atoms with Crippen molar-refractivity contribution in [2.24, 2.45) is 0 Å². The third-order valence-electron chi connectivity index (χ3n) is 2.24. The molecule has 0 N–H and O–H groups in total. The molecular weight excluding hydrogens is 202 g/mol. The zero-order valence-electron chi connectivity index (χ0n) is 8.92. The molecule has 0 aliphatic rings. The van der Waals surface area contributed by atoms with Gasteiger partial charge in [-0.3, -0.25) is 0 Å². The Morgan fingerprint density at radius 1 is 1.44 bits per heavy atom. The minimum atomic E-state index is 0.566. The minimum absolute atomic E-state index is 0.566. The van der Waals surface area contributed by atoms with Gasteiger partial charge < -0.3 is 9.32 Å². The molecule has 0 amide bonds. The maximum atomic E-state index is 8.95. The highest BCUT2D eigenvalue weighted by atomic mass is 16.3. The van der Waals surface area contributed by atoms with Crippen molar-refractivity contribution < 1.29 is 4.42 Å². The topological polar surface area (TPSA) is 53.1 Å². The lowest BCUT2D eigenvalue weighted by molar-refractivity contribution is 0.507. The van der Waals surface area contributed by atoms with Crippen LogP contribution in [0.3, 0.4) is 0 Å². The molecule has 0 unspecified atom stereocenters. The van der Waals surface area contributed by atoms with Gasteiger partial charge in [-0.1, -0.05) is 0 Å². The molecule has 0 atom stereocenters. The Labute approximate surface area is 93.7 Å². The lowest BCUT2D eigenvalue weighted by Crippen LogP contribution is -2.18. The van der Waals surface area contributed by atoms with Gasteiger partial charge in [0.15, 0.2) is 0 Å². The molecule has 2 aromatic heterocycles. The van der Waals surface area contributed by atoms with E-state index in [2.05, 4.69) is 11.1 Å². The van der Waals surface area contributed by atoms with E-state index in [1.54, 1.807) is 24.6 Å². The van der Waals surface area contributed by atoms with Crippen molar-refractivity contribution in [2.75, 3.05) is 11.9 Å². The van der Waals surface area contributed by atoms with Gasteiger partial charge in [0.1, 0.15) is 17.6 Å². The smallest absolute Gasteiger partial charge is 0.146 e. The number of hydrogen-bond acceptors (Lipinski definition) is 4. The first-order valence-corrected chi connectivity index (χ1v) is 4.90. The molecule has 2 rings (SSSR count). The zero-order valence-corrected chi connectivity index (χ0v) is 8.92. The molecule has 4 heteroatoms. The first kappa shape index (κ1) is 10.2. The highest BCUT2D eigenvalue weighted by Gasteiger charge is 2.09. The molecule has 0 saturated heterocycles. The summed E-state index contributed by atoms with van der Waals surface area (Å²) in [6.45, 7) is 0.596. The Morgan fingerprint density at radius 3 is 3.00 bits per heavy atom. The Bertz CT molecular complexity index is 499. The Morgan fingerprint density at radius 2 is 2.31 bits per heavy atom. The fraction of sp³-hybridized carbons (Fsp3) is 0.167. The predicted octanol–water partition coefficient (Wildman–Crippen LogP) is 2.18. The first-order chi connectivity index (χ1) is 7.81. The third kappa shape index (κ3) is 2.04. The molecule has 2 heterocycles. The lowest BCUT2D eigenvalue weighted by Gasteiger charge is -2.17. The summed E-state index contributed by atoms with van der Waals surface area (Å²) in [4.78, 5) is 6.08. The average molecular weight is 213 g/mol. The molecule has 0 saturated carbocycles. The lowest BCUT2D eigenvalue weighted by atomic mass is 10.2. The number of nitriles is 1. The molecule has 0 aliphatic heterocycles. The van der Waals surface area contributed by atoms with Gasteiger partial charge in [-0.15, -0.1) is 0 Å². The van der Waals surface area contributed by atoms with E-state index < -0.39 is 0 Å². The number of aromatic nitrogens is 1. The number of hydrogen-bond donors (Lipinski definition) is 0. The monoisotopic (exact) mass is 213 g/mol. The number of rotatable bonds is 3. The third-order valence-corrected chi connectivity index (χ3v) is 2.24. The van der Waals surface area contributed by atoms with E-state index in [-0.39, 0.29) is 0 Å². The van der Waals surface area contributed by atoms with Gasteiger partial charge in [0.25, 0.3) is 0 Å². The van der Waals surface area contributed by atoms with Crippen LogP contribution in [0.5, 0.6) is 0 Å². The van der Waals surface area contributed by atoms with Crippen LogP contribution in [0.25, 0.3) is 0 Å². The molecule has 2 aromatic rings. The van der Waals surface area contributed by atoms with Gasteiger partial charge in [-0.2, -0.15) is 5.26 Å². The van der Waals surface area contributed by atoms with Crippen LogP contribution < -0.4 is 4.90 Å². The fourth-order valence-electron chi connectivity index (χ4n) is 1.50. The van der Waals surface area contributed by atoms with Crippen LogP contribution in [0.4, 0.5) is 5.82 Å². The summed E-state index contributed by atoms with van der Waals surface area (Å²) in [5.41, 5.74) is 0.566. The highest BCUT2D eigenvalue weighted by Crippen LogP contribution is 2.16. The van der Waals surface area contributed by atoms with Crippen LogP contribution in [0, 0.1) is 11.3 Å². The Balaban J connectivity index is 2.21. The van der Waals surface area contributed by atoms with Crippen LogP contribution in [0.2, 0.25) is 0 Å². The van der Waals surface area contributed by atoms with Crippen molar-refractivity contribution >= 4 is 5.82 Å². The molecule has 80 valence electrons. The van der Waals surface area contributed by atoms with E-state index in [4.69, 9.17) is 9.68 Å². The summed E-state index contributed by atoms with van der Waals surface area (Å²) in [6, 6.07) is 9.36. The molecule has 0 bridgehead atoms. The maximum Gasteiger partial charge on any atom is 0.146 e. The van der Waals surface area contributed by atoms with Crippen molar-refractivity contribution in [3.8, 4) is 6.07 Å². The quantitative estimate of drug-likeness (QED) is 0.784. The fourth-order valence-corrected chi connectivity index (χ4v) is 1.50. The summed E-state index contributed by atoms with van der Waals surface area (Å²) < 4.78 is 5.25. The molecule has 0 radical (unpaired) electrons. The molecule has 4 nitrogen and oxygen atoms in total. The van der Waals surface area contributed by atoms with Gasteiger partial charge in [0.2, 0.25) is 0 Å². The normalized spacial score (nSPS) is 9.75. The van der Waals surface area contributed by atoms with E-state index in [9.17, 15) is 0 Å². The second-order valence-corrected chi connectivity index (χ2v) is 3.42. The van der Waals surface area contributed by atoms with Gasteiger partial charge in [0, 0.05) is 13.2 Å². The van der Waals surface area contributed by atoms with Crippen molar-refractivity contribution in [2.45, 2.75) is 6.54 Å². The molecule has 16 heavy (non-hydrogen) atoms. The van der Waals surface area contributed by atoms with Gasteiger partial charge in [-0.05, 0) is 24.3 Å². The maximum absolute atomic E-state index is 8.95. The summed E-state index contributed by atoms with van der Waals surface area (Å²) in [5, 5.41) is 8.95. The first-order valence-electron chi connectivity index (χ1n) is 4.90. The minimum Gasteiger partial charge on any atom is -0.467 e. The Kier molecular flexibility index (Phi) is 2.88. The Hall–Kier alpha value is -2.28. The SMILES string of the molecule is CN(Cc1ccco1)c1ncccc1C#N. The molecule has 0 aliphatic carbocycles. The van der Waals surface area contributed by atoms with Gasteiger partial charge in [0.05, 0.1) is 18.4 Å². The average Bonchev–Trinajstić information content (AvgIpc) is 2.81. The van der Waals surface area contributed by atoms with Crippen LogP contribution in [0.15, 0.2) is 41.1 Å². The van der Waals surface area contributed by atoms with E-state index in [0.29, 0.717) is 17.9 Å². The van der Waals surface area contributed by atoms with Crippen LogP contribution in [-0.2, 0) is 6.54 Å².